The zero-order valence-electron chi connectivity index (χ0n) is 16.0. The van der Waals surface area contributed by atoms with E-state index in [1.165, 1.54) is 42.1 Å². The van der Waals surface area contributed by atoms with Gasteiger partial charge in [-0.3, -0.25) is 0 Å². The molecule has 0 saturated heterocycles. The third-order valence-corrected chi connectivity index (χ3v) is 5.28. The van der Waals surface area contributed by atoms with Gasteiger partial charge in [-0.05, 0) is 37.3 Å². The van der Waals surface area contributed by atoms with E-state index >= 15 is 0 Å². The van der Waals surface area contributed by atoms with Crippen molar-refractivity contribution in [3.05, 3.63) is 60.0 Å². The number of halogens is 1. The Bertz CT molecular complexity index is 1150. The highest BCUT2D eigenvalue weighted by molar-refractivity contribution is 7.90. The number of methoxy groups -OCH3 is 1. The Kier molecular flexibility index (Phi) is 5.69. The highest BCUT2D eigenvalue weighted by Crippen LogP contribution is 2.28. The van der Waals surface area contributed by atoms with Crippen LogP contribution in [0.2, 0.25) is 0 Å². The minimum atomic E-state index is -3.35. The highest BCUT2D eigenvalue weighted by Gasteiger charge is 2.19. The molecule has 0 saturated carbocycles. The van der Waals surface area contributed by atoms with E-state index in [0.717, 1.165) is 6.26 Å². The smallest absolute Gasteiger partial charge is 0.358 e. The van der Waals surface area contributed by atoms with Crippen LogP contribution in [0.25, 0.3) is 16.9 Å². The van der Waals surface area contributed by atoms with Crippen molar-refractivity contribution in [2.75, 3.05) is 20.0 Å². The first-order valence-electron chi connectivity index (χ1n) is 8.66. The number of esters is 1. The Hall–Kier alpha value is -3.20. The molecule has 1 aromatic heterocycles. The van der Waals surface area contributed by atoms with Gasteiger partial charge in [0.1, 0.15) is 0 Å². The van der Waals surface area contributed by atoms with Gasteiger partial charge in [-0.15, -0.1) is 0 Å². The summed E-state index contributed by atoms with van der Waals surface area (Å²) in [6, 6.07) is 11.9. The van der Waals surface area contributed by atoms with Crippen molar-refractivity contribution < 1.29 is 27.1 Å². The van der Waals surface area contributed by atoms with Crippen LogP contribution >= 0.6 is 0 Å². The largest absolute Gasteiger partial charge is 0.494 e. The molecule has 29 heavy (non-hydrogen) atoms. The van der Waals surface area contributed by atoms with Crippen molar-refractivity contribution in [2.24, 2.45) is 0 Å². The zero-order chi connectivity index (χ0) is 21.2. The lowest BCUT2D eigenvalue weighted by Crippen LogP contribution is -2.07. The molecular weight excluding hydrogens is 399 g/mol. The summed E-state index contributed by atoms with van der Waals surface area (Å²) in [6.45, 7) is 1.86. The quantitative estimate of drug-likeness (QED) is 0.571. The van der Waals surface area contributed by atoms with Gasteiger partial charge in [0.2, 0.25) is 0 Å². The Morgan fingerprint density at radius 2 is 1.83 bits per heavy atom. The predicted octanol–water partition coefficient (Wildman–Crippen LogP) is 3.27. The van der Waals surface area contributed by atoms with Crippen molar-refractivity contribution in [1.29, 1.82) is 0 Å². The van der Waals surface area contributed by atoms with Crippen molar-refractivity contribution in [2.45, 2.75) is 11.8 Å². The SMILES string of the molecule is CCOC(=O)c1cc(-c2ccc(S(C)(=O)=O)cc2)n(-c2ccc(OC)c(F)c2)n1. The first-order valence-corrected chi connectivity index (χ1v) is 10.6. The van der Waals surface area contributed by atoms with Crippen LogP contribution in [0.3, 0.4) is 0 Å². The van der Waals surface area contributed by atoms with Gasteiger partial charge in [0.05, 0.1) is 30.0 Å². The maximum absolute atomic E-state index is 14.2. The first-order chi connectivity index (χ1) is 13.7. The lowest BCUT2D eigenvalue weighted by Gasteiger charge is -2.10. The Morgan fingerprint density at radius 1 is 1.14 bits per heavy atom. The zero-order valence-corrected chi connectivity index (χ0v) is 16.9. The Morgan fingerprint density at radius 3 is 2.38 bits per heavy atom. The van der Waals surface area contributed by atoms with Crippen LogP contribution in [0, 0.1) is 5.82 Å². The molecule has 3 rings (SSSR count). The van der Waals surface area contributed by atoms with E-state index in [-0.39, 0.29) is 22.9 Å². The van der Waals surface area contributed by atoms with E-state index in [1.54, 1.807) is 25.1 Å². The van der Waals surface area contributed by atoms with Gasteiger partial charge in [0, 0.05) is 17.9 Å². The number of benzene rings is 2. The topological polar surface area (TPSA) is 87.5 Å². The van der Waals surface area contributed by atoms with Crippen LogP contribution in [-0.4, -0.2) is 44.1 Å². The van der Waals surface area contributed by atoms with E-state index < -0.39 is 21.6 Å². The van der Waals surface area contributed by atoms with Gasteiger partial charge in [-0.25, -0.2) is 22.3 Å². The van der Waals surface area contributed by atoms with Crippen molar-refractivity contribution in [3.63, 3.8) is 0 Å². The first kappa shape index (κ1) is 20.5. The molecule has 0 radical (unpaired) electrons. The normalized spacial score (nSPS) is 11.3. The second-order valence-corrected chi connectivity index (χ2v) is 8.18. The minimum absolute atomic E-state index is 0.0465. The predicted molar refractivity (Wildman–Crippen MR) is 105 cm³/mol. The molecule has 0 unspecified atom stereocenters. The fraction of sp³-hybridized carbons (Fsp3) is 0.200. The molecule has 2 aromatic carbocycles. The molecule has 0 bridgehead atoms. The summed E-state index contributed by atoms with van der Waals surface area (Å²) in [7, 11) is -1.99. The van der Waals surface area contributed by atoms with Crippen LogP contribution in [0.5, 0.6) is 5.75 Å². The van der Waals surface area contributed by atoms with Crippen LogP contribution < -0.4 is 4.74 Å². The van der Waals surface area contributed by atoms with E-state index in [2.05, 4.69) is 5.10 Å². The monoisotopic (exact) mass is 418 g/mol. The number of carbonyl (C=O) groups is 1. The highest BCUT2D eigenvalue weighted by atomic mass is 32.2. The second kappa shape index (κ2) is 8.04. The summed E-state index contributed by atoms with van der Waals surface area (Å²) in [5, 5.41) is 4.26. The average molecular weight is 418 g/mol. The molecule has 0 aliphatic heterocycles. The fourth-order valence-electron chi connectivity index (χ4n) is 2.75. The number of nitrogens with zero attached hydrogens (tertiary/aromatic N) is 2. The molecule has 152 valence electrons. The molecule has 3 aromatic rings. The maximum atomic E-state index is 14.2. The van der Waals surface area contributed by atoms with Gasteiger partial charge in [0.15, 0.2) is 27.1 Å². The van der Waals surface area contributed by atoms with Gasteiger partial charge >= 0.3 is 5.97 Å². The molecule has 9 heteroatoms. The molecule has 1 heterocycles. The Labute approximate surface area is 167 Å². The number of hydrogen-bond donors (Lipinski definition) is 0. The number of ether oxygens (including phenoxy) is 2. The summed E-state index contributed by atoms with van der Waals surface area (Å²) in [6.07, 6.45) is 1.12. The van der Waals surface area contributed by atoms with Crippen molar-refractivity contribution in [1.82, 2.24) is 9.78 Å². The van der Waals surface area contributed by atoms with Gasteiger partial charge < -0.3 is 9.47 Å². The molecule has 0 aliphatic carbocycles. The number of carbonyl (C=O) groups excluding carboxylic acids is 1. The average Bonchev–Trinajstić information content (AvgIpc) is 3.13. The molecule has 0 amide bonds. The molecule has 0 aliphatic rings. The summed E-state index contributed by atoms with van der Waals surface area (Å²) in [5.74, 6) is -1.13. The van der Waals surface area contributed by atoms with Crippen LogP contribution in [0.1, 0.15) is 17.4 Å². The standard InChI is InChI=1S/C20H19FN2O5S/c1-4-28-20(24)17-12-18(13-5-8-15(9-6-13)29(3,25)26)23(22-17)14-7-10-19(27-2)16(21)11-14/h5-12H,4H2,1-3H3. The number of sulfone groups is 1. The molecule has 0 spiro atoms. The molecule has 0 N–H and O–H groups in total. The lowest BCUT2D eigenvalue weighted by molar-refractivity contribution is 0.0519. The fourth-order valence-corrected chi connectivity index (χ4v) is 3.38. The number of hydrogen-bond acceptors (Lipinski definition) is 6. The van der Waals surface area contributed by atoms with Gasteiger partial charge in [0.25, 0.3) is 0 Å². The van der Waals surface area contributed by atoms with Crippen LogP contribution in [0.4, 0.5) is 4.39 Å². The van der Waals surface area contributed by atoms with E-state index in [0.29, 0.717) is 16.9 Å². The second-order valence-electron chi connectivity index (χ2n) is 6.16. The summed E-state index contributed by atoms with van der Waals surface area (Å²) in [4.78, 5) is 12.3. The maximum Gasteiger partial charge on any atom is 0.358 e. The van der Waals surface area contributed by atoms with Crippen molar-refractivity contribution >= 4 is 15.8 Å². The third-order valence-electron chi connectivity index (χ3n) is 4.15. The van der Waals surface area contributed by atoms with Gasteiger partial charge in [-0.1, -0.05) is 12.1 Å². The molecule has 7 nitrogen and oxygen atoms in total. The van der Waals surface area contributed by atoms with E-state index in [9.17, 15) is 17.6 Å². The summed E-state index contributed by atoms with van der Waals surface area (Å²) in [5.41, 5.74) is 1.47. The summed E-state index contributed by atoms with van der Waals surface area (Å²) < 4.78 is 48.9. The van der Waals surface area contributed by atoms with E-state index in [1.807, 2.05) is 0 Å². The van der Waals surface area contributed by atoms with Gasteiger partial charge in [-0.2, -0.15) is 5.10 Å². The number of aromatic nitrogens is 2. The molecule has 0 fully saturated rings. The molecular formula is C20H19FN2O5S. The lowest BCUT2D eigenvalue weighted by atomic mass is 10.1. The molecule has 0 atom stereocenters. The number of rotatable bonds is 6. The minimum Gasteiger partial charge on any atom is -0.494 e. The van der Waals surface area contributed by atoms with Crippen LogP contribution in [-0.2, 0) is 14.6 Å². The Balaban J connectivity index is 2.14. The van der Waals surface area contributed by atoms with Crippen LogP contribution in [0.15, 0.2) is 53.4 Å². The van der Waals surface area contributed by atoms with E-state index in [4.69, 9.17) is 9.47 Å². The van der Waals surface area contributed by atoms with Crippen molar-refractivity contribution in [3.8, 4) is 22.7 Å². The summed E-state index contributed by atoms with van der Waals surface area (Å²) >= 11 is 0. The third kappa shape index (κ3) is 4.29.